The minimum Gasteiger partial charge on any atom is -0.263 e. The van der Waals surface area contributed by atoms with E-state index in [1.54, 1.807) is 7.05 Å². The van der Waals surface area contributed by atoms with Crippen molar-refractivity contribution < 1.29 is 12.8 Å². The first-order valence-corrected chi connectivity index (χ1v) is 7.13. The van der Waals surface area contributed by atoms with Crippen molar-refractivity contribution in [2.75, 3.05) is 4.72 Å². The summed E-state index contributed by atoms with van der Waals surface area (Å²) < 4.78 is 41.6. The number of sulfonamides is 1. The Morgan fingerprint density at radius 3 is 2.67 bits per heavy atom. The molecule has 0 unspecified atom stereocenters. The Balaban J connectivity index is 2.40. The normalized spacial score (nSPS) is 11.5. The minimum atomic E-state index is -3.96. The quantitative estimate of drug-likeness (QED) is 0.935. The molecule has 0 bridgehead atoms. The molecular weight excluding hydrogens is 325 g/mol. The number of benzene rings is 1. The van der Waals surface area contributed by atoms with Crippen molar-refractivity contribution in [3.63, 3.8) is 0 Å². The summed E-state index contributed by atoms with van der Waals surface area (Å²) >= 11 is 3.07. The summed E-state index contributed by atoms with van der Waals surface area (Å²) in [6.07, 6.45) is 1.44. The standard InChI is InChI=1S/C10H9BrFN3O2S/c1-15-10(4-5-13-15)14-18(16,17)9-3-2-7(11)6-8(9)12/h2-6,14H,1H3. The lowest BCUT2D eigenvalue weighted by Gasteiger charge is -2.08. The summed E-state index contributed by atoms with van der Waals surface area (Å²) in [5.74, 6) is -0.559. The van der Waals surface area contributed by atoms with Crippen LogP contribution in [0.25, 0.3) is 0 Å². The van der Waals surface area contributed by atoms with Crippen LogP contribution >= 0.6 is 15.9 Å². The van der Waals surface area contributed by atoms with Crippen molar-refractivity contribution in [1.29, 1.82) is 0 Å². The first kappa shape index (κ1) is 13.0. The molecule has 0 atom stereocenters. The molecule has 0 radical (unpaired) electrons. The van der Waals surface area contributed by atoms with E-state index >= 15 is 0 Å². The lowest BCUT2D eigenvalue weighted by atomic mass is 10.3. The molecule has 0 saturated carbocycles. The number of rotatable bonds is 3. The molecule has 1 aromatic heterocycles. The van der Waals surface area contributed by atoms with Crippen LogP contribution in [0.1, 0.15) is 0 Å². The number of nitrogens with zero attached hydrogens (tertiary/aromatic N) is 2. The van der Waals surface area contributed by atoms with Gasteiger partial charge in [0.15, 0.2) is 0 Å². The van der Waals surface area contributed by atoms with Crippen LogP contribution in [0.3, 0.4) is 0 Å². The molecule has 1 heterocycles. The van der Waals surface area contributed by atoms with E-state index in [-0.39, 0.29) is 5.82 Å². The Morgan fingerprint density at radius 1 is 1.39 bits per heavy atom. The highest BCUT2D eigenvalue weighted by Crippen LogP contribution is 2.21. The minimum absolute atomic E-state index is 0.261. The van der Waals surface area contributed by atoms with Gasteiger partial charge in [-0.05, 0) is 18.2 Å². The topological polar surface area (TPSA) is 64.0 Å². The van der Waals surface area contributed by atoms with E-state index in [1.807, 2.05) is 0 Å². The van der Waals surface area contributed by atoms with Crippen LogP contribution < -0.4 is 4.72 Å². The largest absolute Gasteiger partial charge is 0.265 e. The number of aromatic nitrogens is 2. The maximum absolute atomic E-state index is 13.6. The van der Waals surface area contributed by atoms with Gasteiger partial charge in [0.05, 0.1) is 6.20 Å². The molecule has 0 spiro atoms. The summed E-state index contributed by atoms with van der Waals surface area (Å²) in [7, 11) is -2.38. The zero-order valence-corrected chi connectivity index (χ0v) is 11.7. The van der Waals surface area contributed by atoms with Gasteiger partial charge in [-0.2, -0.15) is 5.10 Å². The molecule has 0 aliphatic heterocycles. The van der Waals surface area contributed by atoms with E-state index in [0.29, 0.717) is 4.47 Å². The number of hydrogen-bond acceptors (Lipinski definition) is 3. The van der Waals surface area contributed by atoms with E-state index in [4.69, 9.17) is 0 Å². The fraction of sp³-hybridized carbons (Fsp3) is 0.100. The summed E-state index contributed by atoms with van der Waals surface area (Å²) in [6.45, 7) is 0. The molecule has 2 aromatic rings. The van der Waals surface area contributed by atoms with Gasteiger partial charge < -0.3 is 0 Å². The molecule has 0 aliphatic carbocycles. The number of nitrogens with one attached hydrogen (secondary N) is 1. The lowest BCUT2D eigenvalue weighted by Crippen LogP contribution is -2.16. The molecule has 5 nitrogen and oxygen atoms in total. The average molecular weight is 334 g/mol. The van der Waals surface area contributed by atoms with E-state index in [9.17, 15) is 12.8 Å². The molecule has 0 aliphatic rings. The van der Waals surface area contributed by atoms with Crippen LogP contribution in [0.4, 0.5) is 10.2 Å². The maximum atomic E-state index is 13.6. The van der Waals surface area contributed by atoms with Crippen molar-refractivity contribution in [3.05, 3.63) is 40.8 Å². The Labute approximate surface area is 112 Å². The molecule has 8 heteroatoms. The average Bonchev–Trinajstić information content (AvgIpc) is 2.63. The fourth-order valence-corrected chi connectivity index (χ4v) is 2.84. The first-order valence-electron chi connectivity index (χ1n) is 4.86. The van der Waals surface area contributed by atoms with Gasteiger partial charge >= 0.3 is 0 Å². The highest BCUT2D eigenvalue weighted by Gasteiger charge is 2.20. The molecular formula is C10H9BrFN3O2S. The second-order valence-electron chi connectivity index (χ2n) is 3.52. The van der Waals surface area contributed by atoms with Crippen molar-refractivity contribution in [3.8, 4) is 0 Å². The van der Waals surface area contributed by atoms with Gasteiger partial charge in [-0.25, -0.2) is 12.8 Å². The van der Waals surface area contributed by atoms with Crippen molar-refractivity contribution in [2.24, 2.45) is 7.05 Å². The van der Waals surface area contributed by atoms with Crippen molar-refractivity contribution in [2.45, 2.75) is 4.90 Å². The smallest absolute Gasteiger partial charge is 0.263 e. The third kappa shape index (κ3) is 2.54. The first-order chi connectivity index (χ1) is 8.40. The number of hydrogen-bond donors (Lipinski definition) is 1. The third-order valence-corrected chi connectivity index (χ3v) is 4.12. The van der Waals surface area contributed by atoms with Gasteiger partial charge in [0.25, 0.3) is 10.0 Å². The summed E-state index contributed by atoms with van der Waals surface area (Å²) in [6, 6.07) is 5.23. The predicted octanol–water partition coefficient (Wildman–Crippen LogP) is 2.12. The third-order valence-electron chi connectivity index (χ3n) is 2.24. The fourth-order valence-electron chi connectivity index (χ4n) is 1.36. The predicted molar refractivity (Wildman–Crippen MR) is 68.1 cm³/mol. The highest BCUT2D eigenvalue weighted by molar-refractivity contribution is 9.10. The number of anilines is 1. The van der Waals surface area contributed by atoms with E-state index in [1.165, 1.54) is 29.1 Å². The van der Waals surface area contributed by atoms with Crippen LogP contribution in [0.2, 0.25) is 0 Å². The Morgan fingerprint density at radius 2 is 2.11 bits per heavy atom. The van der Waals surface area contributed by atoms with Gasteiger partial charge in [-0.3, -0.25) is 9.40 Å². The molecule has 0 fully saturated rings. The molecule has 2 rings (SSSR count). The van der Waals surface area contributed by atoms with Gasteiger partial charge in [0.2, 0.25) is 0 Å². The Hall–Kier alpha value is -1.41. The Kier molecular flexibility index (Phi) is 3.40. The second kappa shape index (κ2) is 4.69. The molecule has 96 valence electrons. The zero-order valence-electron chi connectivity index (χ0n) is 9.26. The van der Waals surface area contributed by atoms with Crippen LogP contribution in [-0.4, -0.2) is 18.2 Å². The number of halogens is 2. The zero-order chi connectivity index (χ0) is 13.3. The van der Waals surface area contributed by atoms with E-state index < -0.39 is 20.7 Å². The molecule has 1 aromatic carbocycles. The SMILES string of the molecule is Cn1nccc1NS(=O)(=O)c1ccc(Br)cc1F. The van der Waals surface area contributed by atoms with Crippen molar-refractivity contribution >= 4 is 31.8 Å². The van der Waals surface area contributed by atoms with Crippen LogP contribution in [0.15, 0.2) is 39.8 Å². The van der Waals surface area contributed by atoms with Gasteiger partial charge in [-0.15, -0.1) is 0 Å². The molecule has 0 amide bonds. The second-order valence-corrected chi connectivity index (χ2v) is 6.09. The molecule has 1 N–H and O–H groups in total. The lowest BCUT2D eigenvalue weighted by molar-refractivity contribution is 0.569. The van der Waals surface area contributed by atoms with Crippen LogP contribution in [0.5, 0.6) is 0 Å². The summed E-state index contributed by atoms with van der Waals surface area (Å²) in [4.78, 5) is -0.410. The van der Waals surface area contributed by atoms with Gasteiger partial charge in [-0.1, -0.05) is 15.9 Å². The number of aryl methyl sites for hydroxylation is 1. The maximum Gasteiger partial charge on any atom is 0.265 e. The Bertz CT molecular complexity index is 684. The van der Waals surface area contributed by atoms with Gasteiger partial charge in [0.1, 0.15) is 16.5 Å². The summed E-state index contributed by atoms with van der Waals surface area (Å²) in [5.41, 5.74) is 0. The molecule has 18 heavy (non-hydrogen) atoms. The van der Waals surface area contributed by atoms with Gasteiger partial charge in [0, 0.05) is 17.6 Å². The summed E-state index contributed by atoms with van der Waals surface area (Å²) in [5, 5.41) is 3.82. The van der Waals surface area contributed by atoms with E-state index in [2.05, 4.69) is 25.8 Å². The monoisotopic (exact) mass is 333 g/mol. The highest BCUT2D eigenvalue weighted by atomic mass is 79.9. The van der Waals surface area contributed by atoms with Crippen LogP contribution in [0, 0.1) is 5.82 Å². The van der Waals surface area contributed by atoms with E-state index in [0.717, 1.165) is 6.07 Å². The van der Waals surface area contributed by atoms with Crippen LogP contribution in [-0.2, 0) is 17.1 Å². The van der Waals surface area contributed by atoms with Crippen molar-refractivity contribution in [1.82, 2.24) is 9.78 Å². The molecule has 0 saturated heterocycles.